The summed E-state index contributed by atoms with van der Waals surface area (Å²) in [5.74, 6) is 0.0569. The lowest BCUT2D eigenvalue weighted by atomic mass is 10.1. The Labute approximate surface area is 110 Å². The number of nitrogens with one attached hydrogen (secondary N) is 1. The standard InChI is InChI=1S/C13H27N3O2/c1-3-4-5-6-7-8-9-12(17)15-10-11(2)13(14)16-18/h11,18H,3-10H2,1-2H3,(H2,14,16)(H,15,17). The fraction of sp³-hybridized carbons (Fsp3) is 0.846. The molecule has 0 saturated heterocycles. The van der Waals surface area contributed by atoms with E-state index in [0.29, 0.717) is 13.0 Å². The molecule has 18 heavy (non-hydrogen) atoms. The maximum absolute atomic E-state index is 11.5. The van der Waals surface area contributed by atoms with E-state index in [1.54, 1.807) is 6.92 Å². The SMILES string of the molecule is CCCCCCCCC(=O)NCC(C)C(N)=NO. The maximum atomic E-state index is 11.5. The van der Waals surface area contributed by atoms with Crippen LogP contribution in [0.5, 0.6) is 0 Å². The predicted octanol–water partition coefficient (Wildman–Crippen LogP) is 2.24. The third kappa shape index (κ3) is 8.84. The fourth-order valence-electron chi connectivity index (χ4n) is 1.62. The molecule has 0 radical (unpaired) electrons. The number of carbonyl (C=O) groups is 1. The van der Waals surface area contributed by atoms with Crippen LogP contribution in [0.15, 0.2) is 5.16 Å². The zero-order valence-corrected chi connectivity index (χ0v) is 11.6. The van der Waals surface area contributed by atoms with Crippen molar-refractivity contribution in [2.45, 2.75) is 58.8 Å². The summed E-state index contributed by atoms with van der Waals surface area (Å²) in [5, 5.41) is 14.2. The van der Waals surface area contributed by atoms with Crippen molar-refractivity contribution in [1.29, 1.82) is 0 Å². The average molecular weight is 257 g/mol. The summed E-state index contributed by atoms with van der Waals surface area (Å²) in [7, 11) is 0. The molecule has 1 atom stereocenters. The molecule has 0 aromatic heterocycles. The van der Waals surface area contributed by atoms with Crippen LogP contribution in [-0.4, -0.2) is 23.5 Å². The number of hydrogen-bond donors (Lipinski definition) is 3. The Balaban J connectivity index is 3.49. The lowest BCUT2D eigenvalue weighted by Crippen LogP contribution is -2.34. The summed E-state index contributed by atoms with van der Waals surface area (Å²) < 4.78 is 0. The minimum absolute atomic E-state index is 0.0445. The number of rotatable bonds is 10. The van der Waals surface area contributed by atoms with Gasteiger partial charge in [-0.1, -0.05) is 51.1 Å². The van der Waals surface area contributed by atoms with E-state index in [9.17, 15) is 4.79 Å². The van der Waals surface area contributed by atoms with E-state index in [1.807, 2.05) is 0 Å². The van der Waals surface area contributed by atoms with Gasteiger partial charge >= 0.3 is 0 Å². The summed E-state index contributed by atoms with van der Waals surface area (Å²) in [6.07, 6.45) is 7.61. The van der Waals surface area contributed by atoms with Gasteiger partial charge in [0.15, 0.2) is 0 Å². The van der Waals surface area contributed by atoms with Crippen LogP contribution in [0.3, 0.4) is 0 Å². The number of carbonyl (C=O) groups excluding carboxylic acids is 1. The summed E-state index contributed by atoms with van der Waals surface area (Å²) in [6.45, 7) is 4.42. The number of amidine groups is 1. The van der Waals surface area contributed by atoms with Gasteiger partial charge in [-0.3, -0.25) is 4.79 Å². The topological polar surface area (TPSA) is 87.7 Å². The molecule has 0 aromatic carbocycles. The molecular formula is C13H27N3O2. The third-order valence-corrected chi connectivity index (χ3v) is 2.98. The highest BCUT2D eigenvalue weighted by atomic mass is 16.4. The number of nitrogens with two attached hydrogens (primary N) is 1. The molecule has 0 heterocycles. The smallest absolute Gasteiger partial charge is 0.220 e. The van der Waals surface area contributed by atoms with E-state index in [4.69, 9.17) is 10.9 Å². The molecule has 0 aliphatic carbocycles. The van der Waals surface area contributed by atoms with Crippen molar-refractivity contribution < 1.29 is 10.0 Å². The van der Waals surface area contributed by atoms with Gasteiger partial charge in [0.05, 0.1) is 0 Å². The Bertz CT molecular complexity index is 255. The van der Waals surface area contributed by atoms with Crippen LogP contribution >= 0.6 is 0 Å². The molecule has 0 rings (SSSR count). The number of hydrogen-bond acceptors (Lipinski definition) is 3. The van der Waals surface area contributed by atoms with E-state index in [2.05, 4.69) is 17.4 Å². The zero-order chi connectivity index (χ0) is 13.8. The van der Waals surface area contributed by atoms with Gasteiger partial charge in [-0.2, -0.15) is 0 Å². The number of unbranched alkanes of at least 4 members (excludes halogenated alkanes) is 5. The Morgan fingerprint density at radius 2 is 1.89 bits per heavy atom. The normalized spacial score (nSPS) is 13.3. The van der Waals surface area contributed by atoms with Crippen LogP contribution in [0, 0.1) is 5.92 Å². The van der Waals surface area contributed by atoms with Gasteiger partial charge in [0.1, 0.15) is 5.84 Å². The van der Waals surface area contributed by atoms with E-state index >= 15 is 0 Å². The highest BCUT2D eigenvalue weighted by Gasteiger charge is 2.09. The van der Waals surface area contributed by atoms with Crippen molar-refractivity contribution in [3.05, 3.63) is 0 Å². The average Bonchev–Trinajstić information content (AvgIpc) is 2.38. The van der Waals surface area contributed by atoms with Crippen molar-refractivity contribution in [3.63, 3.8) is 0 Å². The molecular weight excluding hydrogens is 230 g/mol. The highest BCUT2D eigenvalue weighted by Crippen LogP contribution is 2.06. The number of amides is 1. The van der Waals surface area contributed by atoms with E-state index < -0.39 is 0 Å². The lowest BCUT2D eigenvalue weighted by Gasteiger charge is -2.10. The van der Waals surface area contributed by atoms with Gasteiger partial charge in [0, 0.05) is 18.9 Å². The molecule has 0 aromatic rings. The number of nitrogens with zero attached hydrogens (tertiary/aromatic N) is 1. The van der Waals surface area contributed by atoms with Crippen molar-refractivity contribution in [2.24, 2.45) is 16.8 Å². The summed E-state index contributed by atoms with van der Waals surface area (Å²) in [6, 6.07) is 0. The van der Waals surface area contributed by atoms with Crippen molar-refractivity contribution in [1.82, 2.24) is 5.32 Å². The molecule has 0 spiro atoms. The molecule has 0 fully saturated rings. The second-order valence-corrected chi connectivity index (χ2v) is 4.75. The fourth-order valence-corrected chi connectivity index (χ4v) is 1.62. The van der Waals surface area contributed by atoms with Crippen LogP contribution in [0.2, 0.25) is 0 Å². The first-order valence-corrected chi connectivity index (χ1v) is 6.85. The maximum Gasteiger partial charge on any atom is 0.220 e. The van der Waals surface area contributed by atoms with Crippen LogP contribution in [-0.2, 0) is 4.79 Å². The Morgan fingerprint density at radius 3 is 2.50 bits per heavy atom. The second-order valence-electron chi connectivity index (χ2n) is 4.75. The van der Waals surface area contributed by atoms with E-state index in [1.165, 1.54) is 25.7 Å². The molecule has 1 amide bonds. The molecule has 0 aliphatic heterocycles. The first-order chi connectivity index (χ1) is 8.61. The largest absolute Gasteiger partial charge is 0.409 e. The van der Waals surface area contributed by atoms with E-state index in [-0.39, 0.29) is 17.7 Å². The Hall–Kier alpha value is -1.26. The minimum Gasteiger partial charge on any atom is -0.409 e. The molecule has 106 valence electrons. The molecule has 5 nitrogen and oxygen atoms in total. The van der Waals surface area contributed by atoms with Crippen LogP contribution in [0.25, 0.3) is 0 Å². The van der Waals surface area contributed by atoms with Crippen molar-refractivity contribution >= 4 is 11.7 Å². The molecule has 5 heteroatoms. The van der Waals surface area contributed by atoms with Gasteiger partial charge in [-0.05, 0) is 6.42 Å². The predicted molar refractivity (Wildman–Crippen MR) is 73.6 cm³/mol. The lowest BCUT2D eigenvalue weighted by molar-refractivity contribution is -0.121. The second kappa shape index (κ2) is 10.9. The molecule has 0 saturated carbocycles. The first-order valence-electron chi connectivity index (χ1n) is 6.85. The highest BCUT2D eigenvalue weighted by molar-refractivity contribution is 5.83. The summed E-state index contributed by atoms with van der Waals surface area (Å²) in [4.78, 5) is 11.5. The molecule has 4 N–H and O–H groups in total. The van der Waals surface area contributed by atoms with Gasteiger partial charge < -0.3 is 16.3 Å². The third-order valence-electron chi connectivity index (χ3n) is 2.98. The van der Waals surface area contributed by atoms with Gasteiger partial charge in [0.25, 0.3) is 0 Å². The van der Waals surface area contributed by atoms with E-state index in [0.717, 1.165) is 12.8 Å². The first kappa shape index (κ1) is 16.7. The van der Waals surface area contributed by atoms with Gasteiger partial charge in [-0.25, -0.2) is 0 Å². The van der Waals surface area contributed by atoms with Gasteiger partial charge in [-0.15, -0.1) is 0 Å². The molecule has 0 bridgehead atoms. The van der Waals surface area contributed by atoms with Gasteiger partial charge in [0.2, 0.25) is 5.91 Å². The summed E-state index contributed by atoms with van der Waals surface area (Å²) in [5.41, 5.74) is 5.42. The Kier molecular flexibility index (Phi) is 10.1. The molecule has 1 unspecified atom stereocenters. The Morgan fingerprint density at radius 1 is 1.28 bits per heavy atom. The van der Waals surface area contributed by atoms with Crippen LogP contribution in [0.4, 0.5) is 0 Å². The minimum atomic E-state index is -0.136. The monoisotopic (exact) mass is 257 g/mol. The summed E-state index contributed by atoms with van der Waals surface area (Å²) >= 11 is 0. The van der Waals surface area contributed by atoms with Crippen LogP contribution < -0.4 is 11.1 Å². The van der Waals surface area contributed by atoms with Crippen molar-refractivity contribution in [3.8, 4) is 0 Å². The number of oxime groups is 1. The zero-order valence-electron chi connectivity index (χ0n) is 11.6. The van der Waals surface area contributed by atoms with Crippen LogP contribution in [0.1, 0.15) is 58.8 Å². The quantitative estimate of drug-likeness (QED) is 0.184. The molecule has 0 aliphatic rings. The van der Waals surface area contributed by atoms with Crippen molar-refractivity contribution in [2.75, 3.05) is 6.54 Å².